The number of fused-ring (bicyclic) bond motifs is 2. The maximum Gasteiger partial charge on any atom is 0.162 e. The van der Waals surface area contributed by atoms with Gasteiger partial charge in [0.05, 0.1) is 25.3 Å². The zero-order chi connectivity index (χ0) is 26.1. The molecule has 5 aromatic rings. The van der Waals surface area contributed by atoms with Crippen LogP contribution in [0.4, 0.5) is 0 Å². The van der Waals surface area contributed by atoms with Crippen molar-refractivity contribution in [1.29, 1.82) is 0 Å². The molecule has 196 valence electrons. The summed E-state index contributed by atoms with van der Waals surface area (Å²) in [6.07, 6.45) is 6.30. The van der Waals surface area contributed by atoms with Gasteiger partial charge in [-0.1, -0.05) is 30.3 Å². The molecule has 1 aliphatic heterocycles. The molecule has 0 saturated carbocycles. The van der Waals surface area contributed by atoms with Gasteiger partial charge in [-0.25, -0.2) is 4.98 Å². The van der Waals surface area contributed by atoms with Crippen LogP contribution in [0.5, 0.6) is 11.5 Å². The molecule has 7 heteroatoms. The maximum absolute atomic E-state index is 11.2. The Kier molecular flexibility index (Phi) is 6.55. The van der Waals surface area contributed by atoms with E-state index < -0.39 is 5.60 Å². The molecule has 0 atom stereocenters. The molecule has 0 radical (unpaired) electrons. The van der Waals surface area contributed by atoms with Crippen molar-refractivity contribution in [2.45, 2.75) is 31.4 Å². The number of rotatable bonds is 8. The van der Waals surface area contributed by atoms with Gasteiger partial charge in [-0.15, -0.1) is 0 Å². The van der Waals surface area contributed by atoms with E-state index in [0.717, 1.165) is 72.2 Å². The minimum atomic E-state index is -0.626. The van der Waals surface area contributed by atoms with Crippen molar-refractivity contribution < 1.29 is 14.6 Å². The molecular weight excluding hydrogens is 476 g/mol. The second kappa shape index (κ2) is 10.2. The first-order chi connectivity index (χ1) is 18.5. The molecule has 0 amide bonds. The van der Waals surface area contributed by atoms with Crippen molar-refractivity contribution >= 4 is 21.9 Å². The second-order valence-corrected chi connectivity index (χ2v) is 10.3. The van der Waals surface area contributed by atoms with Gasteiger partial charge in [0.15, 0.2) is 11.5 Å². The Labute approximate surface area is 222 Å². The van der Waals surface area contributed by atoms with Crippen LogP contribution < -0.4 is 9.47 Å². The molecular formula is C31H34N4O3. The van der Waals surface area contributed by atoms with Gasteiger partial charge in [-0.3, -0.25) is 0 Å². The fourth-order valence-corrected chi connectivity index (χ4v) is 5.71. The average molecular weight is 511 g/mol. The Morgan fingerprint density at radius 3 is 2.45 bits per heavy atom. The predicted molar refractivity (Wildman–Crippen MR) is 151 cm³/mol. The first-order valence-electron chi connectivity index (χ1n) is 13.2. The number of aromatic nitrogens is 3. The van der Waals surface area contributed by atoms with Crippen LogP contribution in [0.15, 0.2) is 73.1 Å². The van der Waals surface area contributed by atoms with Gasteiger partial charge < -0.3 is 29.0 Å². The minimum Gasteiger partial charge on any atom is -0.493 e. The Hall–Kier alpha value is -3.81. The lowest BCUT2D eigenvalue weighted by Crippen LogP contribution is -2.46. The van der Waals surface area contributed by atoms with Crippen LogP contribution in [0.1, 0.15) is 18.4 Å². The molecule has 1 aliphatic rings. The Morgan fingerprint density at radius 1 is 0.947 bits per heavy atom. The first-order valence-corrected chi connectivity index (χ1v) is 13.2. The Morgan fingerprint density at radius 2 is 1.71 bits per heavy atom. The number of aliphatic hydroxyl groups is 1. The third-order valence-electron chi connectivity index (χ3n) is 7.89. The lowest BCUT2D eigenvalue weighted by molar-refractivity contribution is -0.0210. The summed E-state index contributed by atoms with van der Waals surface area (Å²) in [7, 11) is 3.34. The van der Waals surface area contributed by atoms with Crippen molar-refractivity contribution in [2.24, 2.45) is 0 Å². The van der Waals surface area contributed by atoms with E-state index in [-0.39, 0.29) is 0 Å². The monoisotopic (exact) mass is 510 g/mol. The van der Waals surface area contributed by atoms with E-state index in [1.807, 2.05) is 24.3 Å². The van der Waals surface area contributed by atoms with Crippen LogP contribution in [-0.2, 0) is 13.0 Å². The van der Waals surface area contributed by atoms with Gasteiger partial charge in [0.2, 0.25) is 0 Å². The number of hydrogen-bond donors (Lipinski definition) is 2. The van der Waals surface area contributed by atoms with Crippen molar-refractivity contribution in [1.82, 2.24) is 19.4 Å². The number of likely N-dealkylation sites (tertiary alicyclic amines) is 1. The van der Waals surface area contributed by atoms with E-state index in [1.165, 1.54) is 5.56 Å². The summed E-state index contributed by atoms with van der Waals surface area (Å²) < 4.78 is 13.6. The number of benzene rings is 2. The van der Waals surface area contributed by atoms with E-state index in [1.54, 1.807) is 20.4 Å². The second-order valence-electron chi connectivity index (χ2n) is 10.3. The normalized spacial score (nSPS) is 15.8. The molecule has 38 heavy (non-hydrogen) atoms. The van der Waals surface area contributed by atoms with Crippen LogP contribution in [0.3, 0.4) is 0 Å². The van der Waals surface area contributed by atoms with E-state index in [9.17, 15) is 5.11 Å². The fourth-order valence-electron chi connectivity index (χ4n) is 5.71. The molecule has 1 saturated heterocycles. The number of pyridine rings is 1. The molecule has 2 aromatic carbocycles. The van der Waals surface area contributed by atoms with Crippen LogP contribution in [0, 0.1) is 0 Å². The van der Waals surface area contributed by atoms with Crippen LogP contribution >= 0.6 is 0 Å². The Bertz CT molecular complexity index is 1520. The summed E-state index contributed by atoms with van der Waals surface area (Å²) in [5, 5.41) is 13.4. The number of aromatic amines is 1. The summed E-state index contributed by atoms with van der Waals surface area (Å²) >= 11 is 0. The number of methoxy groups -OCH3 is 2. The molecule has 0 spiro atoms. The van der Waals surface area contributed by atoms with Crippen molar-refractivity contribution in [3.05, 3.63) is 78.6 Å². The smallest absolute Gasteiger partial charge is 0.162 e. The lowest BCUT2D eigenvalue weighted by atomic mass is 9.85. The van der Waals surface area contributed by atoms with Gasteiger partial charge in [0.25, 0.3) is 0 Å². The molecule has 6 rings (SSSR count). The minimum absolute atomic E-state index is 0.626. The number of hydrogen-bond acceptors (Lipinski definition) is 5. The number of piperidine rings is 1. The average Bonchev–Trinajstić information content (AvgIpc) is 3.53. The van der Waals surface area contributed by atoms with Gasteiger partial charge in [-0.05, 0) is 42.7 Å². The molecule has 7 nitrogen and oxygen atoms in total. The number of nitrogens with zero attached hydrogens (tertiary/aromatic N) is 3. The molecule has 0 bridgehead atoms. The van der Waals surface area contributed by atoms with E-state index >= 15 is 0 Å². The number of nitrogens with one attached hydrogen (secondary N) is 1. The maximum atomic E-state index is 11.2. The lowest BCUT2D eigenvalue weighted by Gasteiger charge is -2.38. The standard InChI is InChI=1S/C31H34N4O3/c1-37-28-18-24-25(26-17-23-9-6-12-32-30(23)33-26)21-35(27(24)19-29(28)38-2)16-15-34-13-10-31(36,11-14-34)20-22-7-4-3-5-8-22/h3-9,12,17-19,21,36H,10-11,13-16,20H2,1-2H3,(H,32,33). The van der Waals surface area contributed by atoms with Gasteiger partial charge >= 0.3 is 0 Å². The summed E-state index contributed by atoms with van der Waals surface area (Å²) in [4.78, 5) is 10.4. The SMILES string of the molecule is COc1cc2c(-c3cc4cccnc4[nH]3)cn(CCN3CCC(O)(Cc4ccccc4)CC3)c2cc1OC. The highest BCUT2D eigenvalue weighted by Crippen LogP contribution is 2.39. The number of ether oxygens (including phenoxy) is 2. The quantitative estimate of drug-likeness (QED) is 0.297. The highest BCUT2D eigenvalue weighted by Gasteiger charge is 2.32. The first kappa shape index (κ1) is 24.5. The summed E-state index contributed by atoms with van der Waals surface area (Å²) in [6.45, 7) is 3.52. The largest absolute Gasteiger partial charge is 0.493 e. The summed E-state index contributed by atoms with van der Waals surface area (Å²) in [6, 6.07) is 20.6. The zero-order valence-electron chi connectivity index (χ0n) is 22.0. The Balaban J connectivity index is 1.24. The topological polar surface area (TPSA) is 75.5 Å². The van der Waals surface area contributed by atoms with Gasteiger partial charge in [0.1, 0.15) is 5.65 Å². The van der Waals surface area contributed by atoms with E-state index in [2.05, 4.69) is 62.0 Å². The highest BCUT2D eigenvalue weighted by atomic mass is 16.5. The van der Waals surface area contributed by atoms with Crippen LogP contribution in [0.2, 0.25) is 0 Å². The van der Waals surface area contributed by atoms with Crippen molar-refractivity contribution in [3.63, 3.8) is 0 Å². The summed E-state index contributed by atoms with van der Waals surface area (Å²) in [5.41, 5.74) is 4.68. The third-order valence-corrected chi connectivity index (χ3v) is 7.89. The zero-order valence-corrected chi connectivity index (χ0v) is 22.0. The van der Waals surface area contributed by atoms with Gasteiger partial charge in [0, 0.05) is 73.1 Å². The molecule has 0 aliphatic carbocycles. The predicted octanol–water partition coefficient (Wildman–Crippen LogP) is 5.27. The van der Waals surface area contributed by atoms with Crippen molar-refractivity contribution in [3.8, 4) is 22.8 Å². The van der Waals surface area contributed by atoms with Crippen LogP contribution in [0.25, 0.3) is 33.2 Å². The van der Waals surface area contributed by atoms with E-state index in [0.29, 0.717) is 17.9 Å². The highest BCUT2D eigenvalue weighted by molar-refractivity contribution is 5.99. The molecule has 4 heterocycles. The van der Waals surface area contributed by atoms with Gasteiger partial charge in [-0.2, -0.15) is 0 Å². The molecule has 1 fully saturated rings. The van der Waals surface area contributed by atoms with Crippen LogP contribution in [-0.4, -0.2) is 64.0 Å². The van der Waals surface area contributed by atoms with E-state index in [4.69, 9.17) is 9.47 Å². The van der Waals surface area contributed by atoms with Crippen molar-refractivity contribution in [2.75, 3.05) is 33.9 Å². The third kappa shape index (κ3) is 4.75. The summed E-state index contributed by atoms with van der Waals surface area (Å²) in [5.74, 6) is 1.43. The fraction of sp³-hybridized carbons (Fsp3) is 0.323. The molecule has 0 unspecified atom stereocenters. The number of H-pyrrole nitrogens is 1. The molecule has 2 N–H and O–H groups in total. The molecule has 3 aromatic heterocycles.